The SMILES string of the molecule is O=C(CSc1nc(-c2cccs2)nc2ccccc12)N(C1CCCC1)C1CCS(=O)(=O)C1. The molecule has 3 heterocycles. The maximum Gasteiger partial charge on any atom is 0.233 e. The van der Waals surface area contributed by atoms with Gasteiger partial charge in [-0.2, -0.15) is 0 Å². The quantitative estimate of drug-likeness (QED) is 0.379. The third-order valence-electron chi connectivity index (χ3n) is 6.25. The van der Waals surface area contributed by atoms with E-state index in [9.17, 15) is 13.2 Å². The van der Waals surface area contributed by atoms with Crippen LogP contribution < -0.4 is 0 Å². The number of thiophene rings is 1. The lowest BCUT2D eigenvalue weighted by atomic mass is 10.1. The highest BCUT2D eigenvalue weighted by molar-refractivity contribution is 8.00. The smallest absolute Gasteiger partial charge is 0.233 e. The van der Waals surface area contributed by atoms with E-state index in [0.29, 0.717) is 12.2 Å². The number of thioether (sulfide) groups is 1. The van der Waals surface area contributed by atoms with Crippen LogP contribution in [0.1, 0.15) is 32.1 Å². The summed E-state index contributed by atoms with van der Waals surface area (Å²) in [4.78, 5) is 25.8. The van der Waals surface area contributed by atoms with Gasteiger partial charge in [-0.15, -0.1) is 11.3 Å². The molecule has 1 saturated heterocycles. The molecule has 5 rings (SSSR count). The Balaban J connectivity index is 1.40. The van der Waals surface area contributed by atoms with Gasteiger partial charge in [-0.3, -0.25) is 4.79 Å². The Morgan fingerprint density at radius 3 is 2.59 bits per heavy atom. The molecule has 1 aromatic carbocycles. The number of carbonyl (C=O) groups is 1. The highest BCUT2D eigenvalue weighted by Crippen LogP contribution is 2.33. The van der Waals surface area contributed by atoms with Gasteiger partial charge in [0.2, 0.25) is 5.91 Å². The molecule has 6 nitrogen and oxygen atoms in total. The lowest BCUT2D eigenvalue weighted by molar-refractivity contribution is -0.132. The average Bonchev–Trinajstić information content (AvgIpc) is 3.55. The van der Waals surface area contributed by atoms with Gasteiger partial charge in [-0.1, -0.05) is 48.9 Å². The summed E-state index contributed by atoms with van der Waals surface area (Å²) in [7, 11) is -3.05. The predicted molar refractivity (Wildman–Crippen MR) is 130 cm³/mol. The standard InChI is InChI=1S/C23H25N3O3S3/c27-21(26(16-6-1-2-7-16)17-11-13-32(28,29)15-17)14-31-23-18-8-3-4-9-19(18)24-22(25-23)20-10-5-12-30-20/h3-5,8-10,12,16-17H,1-2,6-7,11,13-15H2. The molecular formula is C23H25N3O3S3. The summed E-state index contributed by atoms with van der Waals surface area (Å²) in [6.45, 7) is 0. The molecule has 9 heteroatoms. The maximum absolute atomic E-state index is 13.4. The van der Waals surface area contributed by atoms with E-state index in [2.05, 4.69) is 0 Å². The molecule has 3 aromatic rings. The zero-order valence-corrected chi connectivity index (χ0v) is 20.1. The van der Waals surface area contributed by atoms with Crippen LogP contribution in [0.15, 0.2) is 46.8 Å². The van der Waals surface area contributed by atoms with Crippen molar-refractivity contribution in [2.75, 3.05) is 17.3 Å². The van der Waals surface area contributed by atoms with E-state index < -0.39 is 9.84 Å². The molecular weight excluding hydrogens is 462 g/mol. The first-order chi connectivity index (χ1) is 15.5. The molecule has 1 saturated carbocycles. The van der Waals surface area contributed by atoms with Crippen molar-refractivity contribution in [2.24, 2.45) is 0 Å². The molecule has 1 aliphatic heterocycles. The van der Waals surface area contributed by atoms with Crippen LogP contribution in [0.2, 0.25) is 0 Å². The Morgan fingerprint density at radius 1 is 1.06 bits per heavy atom. The summed E-state index contributed by atoms with van der Waals surface area (Å²) in [6.07, 6.45) is 4.68. The number of benzene rings is 1. The van der Waals surface area contributed by atoms with Crippen LogP contribution in [0.25, 0.3) is 21.6 Å². The van der Waals surface area contributed by atoms with E-state index in [-0.39, 0.29) is 35.2 Å². The Kier molecular flexibility index (Phi) is 6.22. The zero-order valence-electron chi connectivity index (χ0n) is 17.6. The van der Waals surface area contributed by atoms with Crippen molar-refractivity contribution in [3.8, 4) is 10.7 Å². The number of para-hydroxylation sites is 1. The molecule has 1 aliphatic carbocycles. The summed E-state index contributed by atoms with van der Waals surface area (Å²) in [5, 5.41) is 3.72. The van der Waals surface area contributed by atoms with Crippen molar-refractivity contribution in [3.05, 3.63) is 41.8 Å². The van der Waals surface area contributed by atoms with Gasteiger partial charge < -0.3 is 4.90 Å². The van der Waals surface area contributed by atoms with Crippen LogP contribution >= 0.6 is 23.1 Å². The van der Waals surface area contributed by atoms with E-state index in [4.69, 9.17) is 9.97 Å². The summed E-state index contributed by atoms with van der Waals surface area (Å²) < 4.78 is 24.2. The molecule has 0 N–H and O–H groups in total. The van der Waals surface area contributed by atoms with Crippen LogP contribution in [0.4, 0.5) is 0 Å². The van der Waals surface area contributed by atoms with Crippen LogP contribution in [0, 0.1) is 0 Å². The zero-order chi connectivity index (χ0) is 22.1. The van der Waals surface area contributed by atoms with Crippen LogP contribution in [0.5, 0.6) is 0 Å². The van der Waals surface area contributed by atoms with Crippen molar-refractivity contribution >= 4 is 49.7 Å². The molecule has 2 aromatic heterocycles. The molecule has 0 spiro atoms. The van der Waals surface area contributed by atoms with Gasteiger partial charge in [0.25, 0.3) is 0 Å². The van der Waals surface area contributed by atoms with Gasteiger partial charge in [0.1, 0.15) is 5.03 Å². The summed E-state index contributed by atoms with van der Waals surface area (Å²) in [5.74, 6) is 1.21. The van der Waals surface area contributed by atoms with E-state index in [1.54, 1.807) is 11.3 Å². The molecule has 2 fully saturated rings. The number of hydrogen-bond donors (Lipinski definition) is 0. The van der Waals surface area contributed by atoms with Gasteiger partial charge in [-0.05, 0) is 36.8 Å². The number of aromatic nitrogens is 2. The van der Waals surface area contributed by atoms with Crippen molar-refractivity contribution in [1.29, 1.82) is 0 Å². The van der Waals surface area contributed by atoms with Crippen molar-refractivity contribution in [3.63, 3.8) is 0 Å². The first-order valence-corrected chi connectivity index (χ1v) is 14.6. The maximum atomic E-state index is 13.4. The Bertz CT molecular complexity index is 1220. The first-order valence-electron chi connectivity index (χ1n) is 11.0. The summed E-state index contributed by atoms with van der Waals surface area (Å²) in [6, 6.07) is 11.8. The van der Waals surface area contributed by atoms with Gasteiger partial charge >= 0.3 is 0 Å². The minimum absolute atomic E-state index is 0.0179. The third-order valence-corrected chi connectivity index (χ3v) is 9.84. The third kappa shape index (κ3) is 4.56. The Hall–Kier alpha value is -1.97. The Labute approximate surface area is 196 Å². The first kappa shape index (κ1) is 21.9. The second kappa shape index (κ2) is 9.11. The van der Waals surface area contributed by atoms with E-state index in [1.807, 2.05) is 46.7 Å². The molecule has 1 unspecified atom stereocenters. The molecule has 32 heavy (non-hydrogen) atoms. The number of carbonyl (C=O) groups excluding carboxylic acids is 1. The fraction of sp³-hybridized carbons (Fsp3) is 0.435. The molecule has 168 valence electrons. The highest BCUT2D eigenvalue weighted by atomic mass is 32.2. The Morgan fingerprint density at radius 2 is 1.88 bits per heavy atom. The number of rotatable bonds is 6. The van der Waals surface area contributed by atoms with Gasteiger partial charge in [-0.25, -0.2) is 18.4 Å². The number of amides is 1. The largest absolute Gasteiger partial charge is 0.335 e. The molecule has 2 aliphatic rings. The van der Waals surface area contributed by atoms with Gasteiger partial charge in [0.05, 0.1) is 27.7 Å². The fourth-order valence-corrected chi connectivity index (χ4v) is 8.02. The lowest BCUT2D eigenvalue weighted by Crippen LogP contribution is -2.47. The number of sulfone groups is 1. The van der Waals surface area contributed by atoms with Crippen molar-refractivity contribution in [2.45, 2.75) is 49.2 Å². The minimum atomic E-state index is -3.05. The van der Waals surface area contributed by atoms with E-state index in [0.717, 1.165) is 46.5 Å². The second-order valence-electron chi connectivity index (χ2n) is 8.43. The monoisotopic (exact) mass is 487 g/mol. The van der Waals surface area contributed by atoms with E-state index in [1.165, 1.54) is 11.8 Å². The summed E-state index contributed by atoms with van der Waals surface area (Å²) >= 11 is 3.02. The molecule has 0 radical (unpaired) electrons. The number of nitrogens with zero attached hydrogens (tertiary/aromatic N) is 3. The van der Waals surface area contributed by atoms with Gasteiger partial charge in [0, 0.05) is 17.5 Å². The highest BCUT2D eigenvalue weighted by Gasteiger charge is 2.38. The number of hydrogen-bond acceptors (Lipinski definition) is 7. The molecule has 1 amide bonds. The minimum Gasteiger partial charge on any atom is -0.335 e. The average molecular weight is 488 g/mol. The van der Waals surface area contributed by atoms with Gasteiger partial charge in [0.15, 0.2) is 15.7 Å². The lowest BCUT2D eigenvalue weighted by Gasteiger charge is -2.34. The molecule has 1 atom stereocenters. The number of fused-ring (bicyclic) bond motifs is 1. The van der Waals surface area contributed by atoms with Crippen molar-refractivity contribution < 1.29 is 13.2 Å². The normalized spacial score (nSPS) is 20.7. The van der Waals surface area contributed by atoms with Crippen LogP contribution in [-0.4, -0.2) is 58.5 Å². The fourth-order valence-electron chi connectivity index (χ4n) is 4.76. The second-order valence-corrected chi connectivity index (χ2v) is 12.6. The van der Waals surface area contributed by atoms with E-state index >= 15 is 0 Å². The topological polar surface area (TPSA) is 80.2 Å². The van der Waals surface area contributed by atoms with Crippen LogP contribution in [0.3, 0.4) is 0 Å². The van der Waals surface area contributed by atoms with Crippen molar-refractivity contribution in [1.82, 2.24) is 14.9 Å². The van der Waals surface area contributed by atoms with Crippen LogP contribution in [-0.2, 0) is 14.6 Å². The summed E-state index contributed by atoms with van der Waals surface area (Å²) in [5.41, 5.74) is 0.857. The molecule has 0 bridgehead atoms. The predicted octanol–water partition coefficient (Wildman–Crippen LogP) is 4.41.